The van der Waals surface area contributed by atoms with Crippen LogP contribution in [0.15, 0.2) is 24.3 Å². The summed E-state index contributed by atoms with van der Waals surface area (Å²) in [5.74, 6) is -0.681. The van der Waals surface area contributed by atoms with Crippen LogP contribution in [0, 0.1) is 11.2 Å². The molecular weight excluding hydrogens is 243 g/mol. The second kappa shape index (κ2) is 4.83. The maximum Gasteiger partial charge on any atom is 0.243 e. The van der Waals surface area contributed by atoms with Gasteiger partial charge in [0, 0.05) is 5.69 Å². The Morgan fingerprint density at radius 3 is 2.58 bits per heavy atom. The third-order valence-electron chi connectivity index (χ3n) is 4.36. The van der Waals surface area contributed by atoms with E-state index in [4.69, 9.17) is 5.73 Å². The van der Waals surface area contributed by atoms with Crippen molar-refractivity contribution in [2.45, 2.75) is 45.1 Å². The van der Waals surface area contributed by atoms with E-state index in [1.807, 2.05) is 13.8 Å². The van der Waals surface area contributed by atoms with Crippen molar-refractivity contribution in [1.82, 2.24) is 0 Å². The monoisotopic (exact) mass is 264 g/mol. The first-order valence-electron chi connectivity index (χ1n) is 6.71. The summed E-state index contributed by atoms with van der Waals surface area (Å²) in [5, 5.41) is 3.21. The molecule has 1 amide bonds. The summed E-state index contributed by atoms with van der Waals surface area (Å²) in [6, 6.07) is 6.17. The molecule has 0 aromatic heterocycles. The first kappa shape index (κ1) is 13.8. The molecule has 104 valence electrons. The van der Waals surface area contributed by atoms with E-state index in [1.54, 1.807) is 12.1 Å². The van der Waals surface area contributed by atoms with Gasteiger partial charge in [0.2, 0.25) is 5.91 Å². The lowest BCUT2D eigenvalue weighted by Crippen LogP contribution is -2.61. The lowest BCUT2D eigenvalue weighted by molar-refractivity contribution is -0.127. The standard InChI is InChI=1S/C15H21FN2O/c1-14(2)8-3-4-9-15(14,13(17)19)18-12-7-5-6-11(16)10-12/h5-7,10,18H,3-4,8-9H2,1-2H3,(H2,17,19). The van der Waals surface area contributed by atoms with Crippen LogP contribution in [0.2, 0.25) is 0 Å². The minimum atomic E-state index is -0.807. The van der Waals surface area contributed by atoms with Crippen LogP contribution in [0.25, 0.3) is 0 Å². The Labute approximate surface area is 113 Å². The number of hydrogen-bond donors (Lipinski definition) is 2. The molecule has 1 unspecified atom stereocenters. The third-order valence-corrected chi connectivity index (χ3v) is 4.36. The van der Waals surface area contributed by atoms with Gasteiger partial charge in [-0.05, 0) is 36.5 Å². The fourth-order valence-corrected chi connectivity index (χ4v) is 3.07. The third kappa shape index (κ3) is 2.44. The number of halogens is 1. The number of anilines is 1. The molecule has 0 radical (unpaired) electrons. The molecule has 1 aromatic rings. The van der Waals surface area contributed by atoms with Gasteiger partial charge >= 0.3 is 0 Å². The number of nitrogens with two attached hydrogens (primary N) is 1. The summed E-state index contributed by atoms with van der Waals surface area (Å²) in [6.07, 6.45) is 3.66. The number of benzene rings is 1. The summed E-state index contributed by atoms with van der Waals surface area (Å²) in [6.45, 7) is 4.09. The summed E-state index contributed by atoms with van der Waals surface area (Å²) in [5.41, 5.74) is 5.22. The molecule has 3 nitrogen and oxygen atoms in total. The van der Waals surface area contributed by atoms with Crippen LogP contribution < -0.4 is 11.1 Å². The SMILES string of the molecule is CC1(C)CCCCC1(Nc1cccc(F)c1)C(N)=O. The van der Waals surface area contributed by atoms with Gasteiger partial charge in [0.25, 0.3) is 0 Å². The molecular formula is C15H21FN2O. The van der Waals surface area contributed by atoms with Crippen molar-refractivity contribution in [3.05, 3.63) is 30.1 Å². The van der Waals surface area contributed by atoms with Crippen molar-refractivity contribution in [1.29, 1.82) is 0 Å². The second-order valence-electron chi connectivity index (χ2n) is 6.00. The van der Waals surface area contributed by atoms with Crippen molar-refractivity contribution in [2.75, 3.05) is 5.32 Å². The summed E-state index contributed by atoms with van der Waals surface area (Å²) >= 11 is 0. The Bertz CT molecular complexity index is 487. The number of primary amides is 1. The highest BCUT2D eigenvalue weighted by Gasteiger charge is 2.51. The number of rotatable bonds is 3. The van der Waals surface area contributed by atoms with Crippen LogP contribution in [0.1, 0.15) is 39.5 Å². The van der Waals surface area contributed by atoms with E-state index < -0.39 is 5.54 Å². The smallest absolute Gasteiger partial charge is 0.243 e. The summed E-state index contributed by atoms with van der Waals surface area (Å²) < 4.78 is 13.3. The van der Waals surface area contributed by atoms with Crippen LogP contribution in [0.4, 0.5) is 10.1 Å². The Kier molecular flexibility index (Phi) is 3.52. The van der Waals surface area contributed by atoms with Crippen LogP contribution in [-0.2, 0) is 4.79 Å². The van der Waals surface area contributed by atoms with Crippen LogP contribution in [0.3, 0.4) is 0 Å². The molecule has 1 atom stereocenters. The largest absolute Gasteiger partial charge is 0.371 e. The minimum Gasteiger partial charge on any atom is -0.371 e. The lowest BCUT2D eigenvalue weighted by Gasteiger charge is -2.49. The molecule has 4 heteroatoms. The first-order chi connectivity index (χ1) is 8.87. The average Bonchev–Trinajstić information content (AvgIpc) is 2.31. The number of carbonyl (C=O) groups excluding carboxylic acids is 1. The van der Waals surface area contributed by atoms with Crippen LogP contribution in [0.5, 0.6) is 0 Å². The quantitative estimate of drug-likeness (QED) is 0.881. The van der Waals surface area contributed by atoms with Crippen molar-refractivity contribution < 1.29 is 9.18 Å². The van der Waals surface area contributed by atoms with E-state index in [0.717, 1.165) is 19.3 Å². The second-order valence-corrected chi connectivity index (χ2v) is 6.00. The zero-order valence-electron chi connectivity index (χ0n) is 11.5. The molecule has 1 aromatic carbocycles. The normalized spacial score (nSPS) is 25.8. The van der Waals surface area contributed by atoms with Gasteiger partial charge < -0.3 is 11.1 Å². The van der Waals surface area contributed by atoms with Crippen molar-refractivity contribution in [2.24, 2.45) is 11.1 Å². The van der Waals surface area contributed by atoms with Gasteiger partial charge in [-0.2, -0.15) is 0 Å². The van der Waals surface area contributed by atoms with Gasteiger partial charge in [0.15, 0.2) is 0 Å². The molecule has 1 aliphatic carbocycles. The molecule has 2 rings (SSSR count). The van der Waals surface area contributed by atoms with Crippen LogP contribution >= 0.6 is 0 Å². The van der Waals surface area contributed by atoms with E-state index in [2.05, 4.69) is 5.32 Å². The fraction of sp³-hybridized carbons (Fsp3) is 0.533. The Hall–Kier alpha value is -1.58. The Morgan fingerprint density at radius 1 is 1.32 bits per heavy atom. The van der Waals surface area contributed by atoms with Gasteiger partial charge in [-0.1, -0.05) is 32.8 Å². The van der Waals surface area contributed by atoms with Gasteiger partial charge in [-0.15, -0.1) is 0 Å². The van der Waals surface area contributed by atoms with Gasteiger partial charge in [0.05, 0.1) is 0 Å². The van der Waals surface area contributed by atoms with Gasteiger partial charge in [-0.25, -0.2) is 4.39 Å². The van der Waals surface area contributed by atoms with Crippen LogP contribution in [-0.4, -0.2) is 11.4 Å². The average molecular weight is 264 g/mol. The molecule has 0 aliphatic heterocycles. The molecule has 1 saturated carbocycles. The van der Waals surface area contributed by atoms with Gasteiger partial charge in [0.1, 0.15) is 11.4 Å². The number of carbonyl (C=O) groups is 1. The van der Waals surface area contributed by atoms with E-state index in [0.29, 0.717) is 12.1 Å². The Morgan fingerprint density at radius 2 is 2.00 bits per heavy atom. The summed E-state index contributed by atoms with van der Waals surface area (Å²) in [4.78, 5) is 12.0. The van der Waals surface area contributed by atoms with E-state index in [9.17, 15) is 9.18 Å². The Balaban J connectivity index is 2.37. The zero-order chi connectivity index (χ0) is 14.1. The first-order valence-corrected chi connectivity index (χ1v) is 6.71. The van der Waals surface area contributed by atoms with Crippen molar-refractivity contribution in [3.8, 4) is 0 Å². The molecule has 0 saturated heterocycles. The van der Waals surface area contributed by atoms with Gasteiger partial charge in [-0.3, -0.25) is 4.79 Å². The molecule has 0 heterocycles. The highest BCUT2D eigenvalue weighted by atomic mass is 19.1. The molecule has 19 heavy (non-hydrogen) atoms. The van der Waals surface area contributed by atoms with Crippen molar-refractivity contribution in [3.63, 3.8) is 0 Å². The predicted molar refractivity (Wildman–Crippen MR) is 74.2 cm³/mol. The van der Waals surface area contributed by atoms with Crippen molar-refractivity contribution >= 4 is 11.6 Å². The summed E-state index contributed by atoms with van der Waals surface area (Å²) in [7, 11) is 0. The zero-order valence-corrected chi connectivity index (χ0v) is 11.5. The topological polar surface area (TPSA) is 55.1 Å². The highest BCUT2D eigenvalue weighted by molar-refractivity contribution is 5.89. The minimum absolute atomic E-state index is 0.247. The molecule has 3 N–H and O–H groups in total. The molecule has 0 spiro atoms. The maximum atomic E-state index is 13.3. The highest BCUT2D eigenvalue weighted by Crippen LogP contribution is 2.45. The molecule has 0 bridgehead atoms. The number of amides is 1. The fourth-order valence-electron chi connectivity index (χ4n) is 3.07. The number of nitrogens with one attached hydrogen (secondary N) is 1. The molecule has 1 fully saturated rings. The number of hydrogen-bond acceptors (Lipinski definition) is 2. The lowest BCUT2D eigenvalue weighted by atomic mass is 9.62. The van der Waals surface area contributed by atoms with E-state index in [-0.39, 0.29) is 17.1 Å². The molecule has 1 aliphatic rings. The van der Waals surface area contributed by atoms with E-state index >= 15 is 0 Å². The predicted octanol–water partition coefficient (Wildman–Crippen LogP) is 3.06. The maximum absolute atomic E-state index is 13.3. The van der Waals surface area contributed by atoms with E-state index in [1.165, 1.54) is 12.1 Å².